The van der Waals surface area contributed by atoms with Gasteiger partial charge in [0.2, 0.25) is 0 Å². The lowest BCUT2D eigenvalue weighted by Crippen LogP contribution is -2.48. The van der Waals surface area contributed by atoms with Crippen LogP contribution < -0.4 is 10.6 Å². The molecule has 0 radical (unpaired) electrons. The average Bonchev–Trinajstić information content (AvgIpc) is 2.36. The minimum Gasteiger partial charge on any atom is -0.480 e. The van der Waals surface area contributed by atoms with Gasteiger partial charge in [0.25, 0.3) is 0 Å². The summed E-state index contributed by atoms with van der Waals surface area (Å²) in [5.74, 6) is 0.410. The second kappa shape index (κ2) is 8.12. The number of rotatable bonds is 6. The molecule has 2 unspecified atom stereocenters. The summed E-state index contributed by atoms with van der Waals surface area (Å²) in [6, 6.07) is -1.17. The van der Waals surface area contributed by atoms with Crippen LogP contribution in [0.1, 0.15) is 52.9 Å². The van der Waals surface area contributed by atoms with Gasteiger partial charge < -0.3 is 15.7 Å². The molecule has 1 aliphatic rings. The van der Waals surface area contributed by atoms with Gasteiger partial charge in [-0.15, -0.1) is 0 Å². The first-order valence-corrected chi connectivity index (χ1v) is 7.67. The number of aliphatic carboxylic acids is 1. The van der Waals surface area contributed by atoms with E-state index in [9.17, 15) is 9.59 Å². The Bertz CT molecular complexity index is 331. The van der Waals surface area contributed by atoms with Crippen molar-refractivity contribution in [1.29, 1.82) is 0 Å². The number of hydrogen-bond donors (Lipinski definition) is 3. The highest BCUT2D eigenvalue weighted by Crippen LogP contribution is 2.28. The number of carboxylic acid groups (broad SMARTS) is 1. The topological polar surface area (TPSA) is 78.4 Å². The molecule has 0 heterocycles. The van der Waals surface area contributed by atoms with Crippen molar-refractivity contribution in [3.63, 3.8) is 0 Å². The van der Waals surface area contributed by atoms with Gasteiger partial charge in [0.1, 0.15) is 6.04 Å². The van der Waals surface area contributed by atoms with Gasteiger partial charge in [-0.05, 0) is 30.6 Å². The van der Waals surface area contributed by atoms with E-state index < -0.39 is 12.0 Å². The van der Waals surface area contributed by atoms with Gasteiger partial charge in [0.05, 0.1) is 0 Å². The lowest BCUT2D eigenvalue weighted by molar-refractivity contribution is -0.139. The van der Waals surface area contributed by atoms with Crippen molar-refractivity contribution in [2.75, 3.05) is 6.54 Å². The summed E-state index contributed by atoms with van der Waals surface area (Å²) < 4.78 is 0. The van der Waals surface area contributed by atoms with Gasteiger partial charge in [-0.3, -0.25) is 0 Å². The first-order chi connectivity index (χ1) is 9.40. The summed E-state index contributed by atoms with van der Waals surface area (Å²) >= 11 is 0. The fourth-order valence-electron chi connectivity index (χ4n) is 2.82. The van der Waals surface area contributed by atoms with Crippen LogP contribution in [0.25, 0.3) is 0 Å². The Kier molecular flexibility index (Phi) is 6.82. The Hall–Kier alpha value is -1.26. The summed E-state index contributed by atoms with van der Waals surface area (Å²) in [6.45, 7) is 6.75. The molecule has 116 valence electrons. The van der Waals surface area contributed by atoms with Crippen LogP contribution in [0.15, 0.2) is 0 Å². The predicted molar refractivity (Wildman–Crippen MR) is 78.5 cm³/mol. The quantitative estimate of drug-likeness (QED) is 0.701. The van der Waals surface area contributed by atoms with Crippen LogP contribution in [0, 0.1) is 17.8 Å². The lowest BCUT2D eigenvalue weighted by Gasteiger charge is -2.29. The van der Waals surface area contributed by atoms with E-state index in [1.54, 1.807) is 0 Å². The zero-order chi connectivity index (χ0) is 15.1. The van der Waals surface area contributed by atoms with Gasteiger partial charge in [0, 0.05) is 6.54 Å². The molecule has 1 saturated carbocycles. The summed E-state index contributed by atoms with van der Waals surface area (Å²) in [6.07, 6.45) is 5.32. The third-order valence-corrected chi connectivity index (χ3v) is 4.12. The fourth-order valence-corrected chi connectivity index (χ4v) is 2.82. The predicted octanol–water partition coefficient (Wildman–Crippen LogP) is 2.61. The van der Waals surface area contributed by atoms with E-state index in [1.165, 1.54) is 19.3 Å². The molecule has 0 spiro atoms. The van der Waals surface area contributed by atoms with Gasteiger partial charge in [-0.1, -0.05) is 40.0 Å². The van der Waals surface area contributed by atoms with E-state index in [0.717, 1.165) is 6.42 Å². The first kappa shape index (κ1) is 16.8. The van der Waals surface area contributed by atoms with Crippen molar-refractivity contribution < 1.29 is 14.7 Å². The van der Waals surface area contributed by atoms with Crippen molar-refractivity contribution in [2.45, 2.75) is 58.9 Å². The number of carboxylic acids is 1. The molecule has 3 N–H and O–H groups in total. The molecule has 1 fully saturated rings. The number of carbonyl (C=O) groups is 2. The molecule has 0 bridgehead atoms. The number of nitrogens with one attached hydrogen (secondary N) is 2. The Morgan fingerprint density at radius 2 is 1.90 bits per heavy atom. The normalized spacial score (nSPS) is 24.2. The maximum atomic E-state index is 11.8. The average molecular weight is 284 g/mol. The van der Waals surface area contributed by atoms with Crippen LogP contribution in [0.4, 0.5) is 4.79 Å². The second-order valence-electron chi connectivity index (χ2n) is 6.40. The zero-order valence-corrected chi connectivity index (χ0v) is 12.8. The van der Waals surface area contributed by atoms with Gasteiger partial charge in [-0.25, -0.2) is 9.59 Å². The largest absolute Gasteiger partial charge is 0.480 e. The third-order valence-electron chi connectivity index (χ3n) is 4.12. The standard InChI is InChI=1S/C15H28N2O3/c1-10(2)8-13(14(18)19)17-15(20)16-9-12-7-5-4-6-11(12)3/h10-13H,4-9H2,1-3H3,(H,18,19)(H2,16,17,20)/t11?,12?,13-/m0/s1. The van der Waals surface area contributed by atoms with Crippen molar-refractivity contribution >= 4 is 12.0 Å². The zero-order valence-electron chi connectivity index (χ0n) is 12.8. The summed E-state index contributed by atoms with van der Waals surface area (Å²) in [5.41, 5.74) is 0. The molecule has 1 aliphatic carbocycles. The van der Waals surface area contributed by atoms with E-state index in [-0.39, 0.29) is 11.9 Å². The number of hydrogen-bond acceptors (Lipinski definition) is 2. The summed E-state index contributed by atoms with van der Waals surface area (Å²) in [7, 11) is 0. The molecule has 3 atom stereocenters. The monoisotopic (exact) mass is 284 g/mol. The Morgan fingerprint density at radius 1 is 1.25 bits per heavy atom. The fraction of sp³-hybridized carbons (Fsp3) is 0.867. The van der Waals surface area contributed by atoms with Crippen LogP contribution >= 0.6 is 0 Å². The highest BCUT2D eigenvalue weighted by atomic mass is 16.4. The van der Waals surface area contributed by atoms with Crippen molar-refractivity contribution in [2.24, 2.45) is 17.8 Å². The molecule has 5 heteroatoms. The smallest absolute Gasteiger partial charge is 0.326 e. The molecule has 20 heavy (non-hydrogen) atoms. The Labute approximate surface area is 121 Å². The number of amides is 2. The van der Waals surface area contributed by atoms with E-state index >= 15 is 0 Å². The summed E-state index contributed by atoms with van der Waals surface area (Å²) in [4.78, 5) is 22.9. The first-order valence-electron chi connectivity index (χ1n) is 7.67. The SMILES string of the molecule is CC(C)C[C@H](NC(=O)NCC1CCCCC1C)C(=O)O. The van der Waals surface area contributed by atoms with Crippen LogP contribution in [-0.2, 0) is 4.79 Å². The molecular formula is C15H28N2O3. The lowest BCUT2D eigenvalue weighted by atomic mass is 9.80. The van der Waals surface area contributed by atoms with E-state index in [1.807, 2.05) is 13.8 Å². The molecule has 0 aromatic rings. The molecule has 0 aromatic carbocycles. The molecule has 0 aliphatic heterocycles. The third kappa shape index (κ3) is 5.80. The van der Waals surface area contributed by atoms with E-state index in [4.69, 9.17) is 5.11 Å². The van der Waals surface area contributed by atoms with Crippen molar-refractivity contribution in [3.05, 3.63) is 0 Å². The molecule has 0 aromatic heterocycles. The van der Waals surface area contributed by atoms with Crippen molar-refractivity contribution in [1.82, 2.24) is 10.6 Å². The van der Waals surface area contributed by atoms with E-state index in [2.05, 4.69) is 17.6 Å². The molecular weight excluding hydrogens is 256 g/mol. The van der Waals surface area contributed by atoms with Gasteiger partial charge in [-0.2, -0.15) is 0 Å². The Morgan fingerprint density at radius 3 is 2.45 bits per heavy atom. The minimum atomic E-state index is -0.972. The minimum absolute atomic E-state index is 0.231. The van der Waals surface area contributed by atoms with Gasteiger partial charge in [0.15, 0.2) is 0 Å². The molecule has 5 nitrogen and oxygen atoms in total. The molecule has 2 amide bonds. The van der Waals surface area contributed by atoms with Crippen molar-refractivity contribution in [3.8, 4) is 0 Å². The van der Waals surface area contributed by atoms with Crippen LogP contribution in [0.2, 0.25) is 0 Å². The maximum Gasteiger partial charge on any atom is 0.326 e. The molecule has 1 rings (SSSR count). The summed E-state index contributed by atoms with van der Waals surface area (Å²) in [5, 5.41) is 14.5. The molecule has 0 saturated heterocycles. The Balaban J connectivity index is 2.35. The number of carbonyl (C=O) groups excluding carboxylic acids is 1. The van der Waals surface area contributed by atoms with E-state index in [0.29, 0.717) is 24.8 Å². The highest BCUT2D eigenvalue weighted by molar-refractivity contribution is 5.82. The second-order valence-corrected chi connectivity index (χ2v) is 6.40. The van der Waals surface area contributed by atoms with Crippen LogP contribution in [-0.4, -0.2) is 29.7 Å². The maximum absolute atomic E-state index is 11.8. The highest BCUT2D eigenvalue weighted by Gasteiger charge is 2.24. The van der Waals surface area contributed by atoms with Crippen LogP contribution in [0.3, 0.4) is 0 Å². The number of urea groups is 1. The van der Waals surface area contributed by atoms with Crippen LogP contribution in [0.5, 0.6) is 0 Å². The van der Waals surface area contributed by atoms with Gasteiger partial charge >= 0.3 is 12.0 Å².